The summed E-state index contributed by atoms with van der Waals surface area (Å²) in [5.74, 6) is 0.524. The molecule has 0 aliphatic carbocycles. The first-order valence-corrected chi connectivity index (χ1v) is 9.71. The molecule has 0 saturated carbocycles. The number of nitrogens with one attached hydrogen (secondary N) is 1. The van der Waals surface area contributed by atoms with E-state index < -0.39 is 0 Å². The average Bonchev–Trinajstić information content (AvgIpc) is 2.77. The van der Waals surface area contributed by atoms with Gasteiger partial charge in [-0.1, -0.05) is 54.6 Å². The predicted molar refractivity (Wildman–Crippen MR) is 114 cm³/mol. The van der Waals surface area contributed by atoms with Gasteiger partial charge in [0.1, 0.15) is 5.75 Å². The molecule has 3 aromatic rings. The van der Waals surface area contributed by atoms with Crippen molar-refractivity contribution in [2.75, 3.05) is 6.61 Å². The van der Waals surface area contributed by atoms with Crippen LogP contribution in [0.25, 0.3) is 11.1 Å². The fraction of sp³-hybridized carbons (Fsp3) is 0.200. The lowest BCUT2D eigenvalue weighted by molar-refractivity contribution is -0.123. The lowest BCUT2D eigenvalue weighted by Gasteiger charge is -2.14. The van der Waals surface area contributed by atoms with Crippen molar-refractivity contribution < 1.29 is 9.53 Å². The summed E-state index contributed by atoms with van der Waals surface area (Å²) in [6.07, 6.45) is 1.81. The molecule has 0 saturated heterocycles. The second-order valence-electron chi connectivity index (χ2n) is 7.00. The highest BCUT2D eigenvalue weighted by atomic mass is 16.5. The first-order chi connectivity index (χ1) is 14.1. The summed E-state index contributed by atoms with van der Waals surface area (Å²) in [5.41, 5.74) is 3.96. The third-order valence-corrected chi connectivity index (χ3v) is 4.69. The summed E-state index contributed by atoms with van der Waals surface area (Å²) < 4.78 is 5.60. The quantitative estimate of drug-likeness (QED) is 0.610. The number of amides is 1. The highest BCUT2D eigenvalue weighted by molar-refractivity contribution is 5.77. The zero-order valence-electron chi connectivity index (χ0n) is 16.5. The molecule has 0 unspecified atom stereocenters. The van der Waals surface area contributed by atoms with E-state index in [0.29, 0.717) is 11.3 Å². The van der Waals surface area contributed by atoms with Crippen LogP contribution in [-0.4, -0.2) is 18.6 Å². The lowest BCUT2D eigenvalue weighted by atomic mass is 10.0. The van der Waals surface area contributed by atoms with Gasteiger partial charge in [-0.2, -0.15) is 5.26 Å². The Hall–Kier alpha value is -3.58. The fourth-order valence-electron chi connectivity index (χ4n) is 3.05. The lowest BCUT2D eigenvalue weighted by Crippen LogP contribution is -2.36. The normalized spacial score (nSPS) is 11.3. The molecule has 3 rings (SSSR count). The van der Waals surface area contributed by atoms with E-state index in [1.165, 1.54) is 5.56 Å². The van der Waals surface area contributed by atoms with Crippen molar-refractivity contribution >= 4 is 5.91 Å². The van der Waals surface area contributed by atoms with Crippen molar-refractivity contribution in [3.8, 4) is 22.9 Å². The molecule has 0 heterocycles. The fourth-order valence-corrected chi connectivity index (χ4v) is 3.05. The van der Waals surface area contributed by atoms with Crippen molar-refractivity contribution in [2.24, 2.45) is 0 Å². The summed E-state index contributed by atoms with van der Waals surface area (Å²) in [5, 5.41) is 11.9. The summed E-state index contributed by atoms with van der Waals surface area (Å²) >= 11 is 0. The van der Waals surface area contributed by atoms with Crippen molar-refractivity contribution in [3.05, 3.63) is 90.0 Å². The Morgan fingerprint density at radius 3 is 2.21 bits per heavy atom. The molecule has 0 spiro atoms. The van der Waals surface area contributed by atoms with Crippen molar-refractivity contribution in [2.45, 2.75) is 25.8 Å². The Labute approximate surface area is 171 Å². The van der Waals surface area contributed by atoms with Crippen LogP contribution in [0.3, 0.4) is 0 Å². The number of benzene rings is 3. The molecular formula is C25H24N2O2. The highest BCUT2D eigenvalue weighted by Gasteiger charge is 2.09. The van der Waals surface area contributed by atoms with E-state index in [9.17, 15) is 4.79 Å². The third-order valence-electron chi connectivity index (χ3n) is 4.69. The SMILES string of the molecule is C[C@H](CCc1ccccc1)NC(=O)COc1ccc(-c2ccc(C#N)cc2)cc1. The minimum Gasteiger partial charge on any atom is -0.484 e. The Balaban J connectivity index is 1.44. The van der Waals surface area contributed by atoms with Crippen LogP contribution in [0, 0.1) is 11.3 Å². The molecule has 1 amide bonds. The molecule has 0 aliphatic rings. The molecule has 1 atom stereocenters. The summed E-state index contributed by atoms with van der Waals surface area (Å²) in [6.45, 7) is 2.00. The van der Waals surface area contributed by atoms with Crippen LogP contribution in [-0.2, 0) is 11.2 Å². The van der Waals surface area contributed by atoms with Crippen LogP contribution >= 0.6 is 0 Å². The molecule has 0 aliphatic heterocycles. The largest absolute Gasteiger partial charge is 0.484 e. The number of rotatable bonds is 8. The maximum Gasteiger partial charge on any atom is 0.258 e. The topological polar surface area (TPSA) is 62.1 Å². The van der Waals surface area contributed by atoms with Crippen LogP contribution < -0.4 is 10.1 Å². The zero-order valence-corrected chi connectivity index (χ0v) is 16.5. The first-order valence-electron chi connectivity index (χ1n) is 9.71. The number of carbonyl (C=O) groups is 1. The van der Waals surface area contributed by atoms with E-state index in [2.05, 4.69) is 23.5 Å². The van der Waals surface area contributed by atoms with Gasteiger partial charge in [0.15, 0.2) is 6.61 Å². The Morgan fingerprint density at radius 1 is 0.966 bits per heavy atom. The van der Waals surface area contributed by atoms with Crippen molar-refractivity contribution in [1.29, 1.82) is 5.26 Å². The molecule has 1 N–H and O–H groups in total. The van der Waals surface area contributed by atoms with Gasteiger partial charge in [-0.3, -0.25) is 4.79 Å². The number of hydrogen-bond donors (Lipinski definition) is 1. The van der Waals surface area contributed by atoms with E-state index >= 15 is 0 Å². The van der Waals surface area contributed by atoms with Crippen LogP contribution in [0.1, 0.15) is 24.5 Å². The molecule has 4 nitrogen and oxygen atoms in total. The molecule has 0 fully saturated rings. The maximum atomic E-state index is 12.1. The molecule has 4 heteroatoms. The predicted octanol–water partition coefficient (Wildman–Crippen LogP) is 4.74. The van der Waals surface area contributed by atoms with Gasteiger partial charge in [0.25, 0.3) is 5.91 Å². The average molecular weight is 384 g/mol. The van der Waals surface area contributed by atoms with Gasteiger partial charge in [0.2, 0.25) is 0 Å². The summed E-state index contributed by atoms with van der Waals surface area (Å²) in [7, 11) is 0. The van der Waals surface area contributed by atoms with E-state index in [4.69, 9.17) is 10.00 Å². The van der Waals surface area contributed by atoms with Crippen LogP contribution in [0.4, 0.5) is 0 Å². The monoisotopic (exact) mass is 384 g/mol. The minimum absolute atomic E-state index is 0.00805. The highest BCUT2D eigenvalue weighted by Crippen LogP contribution is 2.22. The maximum absolute atomic E-state index is 12.1. The molecule has 146 valence electrons. The Morgan fingerprint density at radius 2 is 1.59 bits per heavy atom. The second-order valence-corrected chi connectivity index (χ2v) is 7.00. The van der Waals surface area contributed by atoms with Gasteiger partial charge in [0, 0.05) is 6.04 Å². The number of carbonyl (C=O) groups excluding carboxylic acids is 1. The Kier molecular flexibility index (Phi) is 7.02. The minimum atomic E-state index is -0.123. The number of aryl methyl sites for hydroxylation is 1. The number of nitriles is 1. The summed E-state index contributed by atoms with van der Waals surface area (Å²) in [6, 6.07) is 27.4. The molecule has 3 aromatic carbocycles. The van der Waals surface area contributed by atoms with Crippen LogP contribution in [0.2, 0.25) is 0 Å². The van der Waals surface area contributed by atoms with Crippen molar-refractivity contribution in [1.82, 2.24) is 5.32 Å². The molecule has 0 radical (unpaired) electrons. The van der Waals surface area contributed by atoms with E-state index in [-0.39, 0.29) is 18.6 Å². The van der Waals surface area contributed by atoms with Gasteiger partial charge in [-0.15, -0.1) is 0 Å². The van der Waals surface area contributed by atoms with Gasteiger partial charge < -0.3 is 10.1 Å². The van der Waals surface area contributed by atoms with Crippen LogP contribution in [0.5, 0.6) is 5.75 Å². The van der Waals surface area contributed by atoms with E-state index in [0.717, 1.165) is 24.0 Å². The molecule has 0 bridgehead atoms. The molecule has 0 aromatic heterocycles. The number of hydrogen-bond acceptors (Lipinski definition) is 3. The third kappa shape index (κ3) is 6.22. The molecular weight excluding hydrogens is 360 g/mol. The standard InChI is InChI=1S/C25H24N2O2/c1-19(7-8-20-5-3-2-4-6-20)27-25(28)18-29-24-15-13-23(14-16-24)22-11-9-21(17-26)10-12-22/h2-6,9-16,19H,7-8,18H2,1H3,(H,27,28)/t19-/m1/s1. The van der Waals surface area contributed by atoms with E-state index in [1.807, 2.05) is 61.5 Å². The number of nitrogens with zero attached hydrogens (tertiary/aromatic N) is 1. The van der Waals surface area contributed by atoms with Crippen LogP contribution in [0.15, 0.2) is 78.9 Å². The molecule has 29 heavy (non-hydrogen) atoms. The summed E-state index contributed by atoms with van der Waals surface area (Å²) in [4.78, 5) is 12.1. The number of ether oxygens (including phenoxy) is 1. The van der Waals surface area contributed by atoms with Gasteiger partial charge >= 0.3 is 0 Å². The Bertz CT molecular complexity index is 958. The van der Waals surface area contributed by atoms with Gasteiger partial charge in [-0.05, 0) is 60.7 Å². The smallest absolute Gasteiger partial charge is 0.258 e. The van der Waals surface area contributed by atoms with Gasteiger partial charge in [-0.25, -0.2) is 0 Å². The zero-order chi connectivity index (χ0) is 20.5. The first kappa shape index (κ1) is 20.2. The van der Waals surface area contributed by atoms with Gasteiger partial charge in [0.05, 0.1) is 11.6 Å². The van der Waals surface area contributed by atoms with E-state index in [1.54, 1.807) is 12.1 Å². The van der Waals surface area contributed by atoms with Crippen molar-refractivity contribution in [3.63, 3.8) is 0 Å². The second kappa shape index (κ2) is 10.1.